The lowest BCUT2D eigenvalue weighted by molar-refractivity contribution is 0.416. The maximum atomic E-state index is 5.38. The topological polar surface area (TPSA) is 26.5 Å². The lowest BCUT2D eigenvalue weighted by atomic mass is 10.1. The van der Waals surface area contributed by atoms with Crippen molar-refractivity contribution in [2.24, 2.45) is 0 Å². The molecule has 0 aliphatic carbocycles. The molecule has 0 unspecified atom stereocenters. The minimum absolute atomic E-state index is 0.821. The molecule has 90 valence electrons. The molecule has 0 aliphatic heterocycles. The van der Waals surface area contributed by atoms with Gasteiger partial charge in [-0.2, -0.15) is 5.10 Å². The first-order valence-corrected chi connectivity index (χ1v) is 6.35. The molecular weight excluding hydrogens is 292 g/mol. The zero-order chi connectivity index (χ0) is 12.5. The van der Waals surface area contributed by atoms with E-state index < -0.39 is 0 Å². The van der Waals surface area contributed by atoms with Crippen LogP contribution in [-0.4, -0.2) is 16.7 Å². The fourth-order valence-corrected chi connectivity index (χ4v) is 2.31. The molecule has 0 fully saturated rings. The first kappa shape index (κ1) is 11.3. The highest BCUT2D eigenvalue weighted by Crippen LogP contribution is 2.32. The van der Waals surface area contributed by atoms with Gasteiger partial charge < -0.3 is 4.74 Å². The Labute approximate surface area is 113 Å². The summed E-state index contributed by atoms with van der Waals surface area (Å²) >= 11 is 3.48. The van der Waals surface area contributed by atoms with Crippen molar-refractivity contribution in [1.29, 1.82) is 0 Å². The maximum absolute atomic E-state index is 5.38. The average Bonchev–Trinajstić information content (AvgIpc) is 2.82. The van der Waals surface area contributed by atoms with Gasteiger partial charge in [-0.15, -0.1) is 0 Å². The summed E-state index contributed by atoms with van der Waals surface area (Å²) in [4.78, 5) is 0. The van der Waals surface area contributed by atoms with Crippen molar-refractivity contribution < 1.29 is 4.74 Å². The van der Waals surface area contributed by atoms with Crippen molar-refractivity contribution in [3.05, 3.63) is 53.1 Å². The summed E-state index contributed by atoms with van der Waals surface area (Å²) in [5.41, 5.74) is 2.95. The Morgan fingerprint density at radius 3 is 2.83 bits per heavy atom. The van der Waals surface area contributed by atoms with Gasteiger partial charge >= 0.3 is 0 Å². The number of hydrogen-bond donors (Lipinski definition) is 0. The van der Waals surface area contributed by atoms with E-state index in [-0.39, 0.29) is 0 Å². The Kier molecular flexibility index (Phi) is 2.80. The molecule has 0 bridgehead atoms. The number of aromatic nitrogens is 2. The van der Waals surface area contributed by atoms with Gasteiger partial charge in [0.05, 0.1) is 18.3 Å². The van der Waals surface area contributed by atoms with Crippen LogP contribution in [0.5, 0.6) is 5.75 Å². The van der Waals surface area contributed by atoms with Gasteiger partial charge in [-0.3, -0.25) is 0 Å². The van der Waals surface area contributed by atoms with Gasteiger partial charge in [-0.25, -0.2) is 4.52 Å². The van der Waals surface area contributed by atoms with E-state index in [1.165, 1.54) is 0 Å². The van der Waals surface area contributed by atoms with E-state index in [1.54, 1.807) is 7.11 Å². The summed E-state index contributed by atoms with van der Waals surface area (Å²) in [7, 11) is 1.67. The molecule has 0 amide bonds. The lowest BCUT2D eigenvalue weighted by Crippen LogP contribution is -1.89. The Hall–Kier alpha value is -1.81. The normalized spacial score (nSPS) is 10.8. The van der Waals surface area contributed by atoms with Crippen molar-refractivity contribution >= 4 is 21.4 Å². The summed E-state index contributed by atoms with van der Waals surface area (Å²) in [6, 6.07) is 13.9. The number of benzene rings is 1. The molecule has 3 rings (SSSR count). The van der Waals surface area contributed by atoms with Crippen molar-refractivity contribution in [3.63, 3.8) is 0 Å². The van der Waals surface area contributed by atoms with Crippen LogP contribution < -0.4 is 4.74 Å². The third kappa shape index (κ3) is 1.88. The molecule has 2 heterocycles. The molecule has 0 N–H and O–H groups in total. The van der Waals surface area contributed by atoms with Crippen LogP contribution in [-0.2, 0) is 0 Å². The van der Waals surface area contributed by atoms with Crippen LogP contribution in [0.1, 0.15) is 0 Å². The lowest BCUT2D eigenvalue weighted by Gasteiger charge is -2.06. The van der Waals surface area contributed by atoms with Crippen LogP contribution in [0.2, 0.25) is 0 Å². The van der Waals surface area contributed by atoms with E-state index in [0.29, 0.717) is 0 Å². The number of hydrogen-bond acceptors (Lipinski definition) is 2. The van der Waals surface area contributed by atoms with Crippen LogP contribution >= 0.6 is 15.9 Å². The zero-order valence-corrected chi connectivity index (χ0v) is 11.4. The van der Waals surface area contributed by atoms with Crippen LogP contribution in [0.3, 0.4) is 0 Å². The predicted octanol–water partition coefficient (Wildman–Crippen LogP) is 3.77. The SMILES string of the molecule is COc1ccc(Br)cc1-c1cc2ccccn2n1. The second-order valence-corrected chi connectivity index (χ2v) is 4.86. The van der Waals surface area contributed by atoms with Gasteiger partial charge in [-0.1, -0.05) is 22.0 Å². The van der Waals surface area contributed by atoms with Gasteiger partial charge in [0.15, 0.2) is 0 Å². The molecule has 2 aromatic heterocycles. The Morgan fingerprint density at radius 2 is 2.06 bits per heavy atom. The second-order valence-electron chi connectivity index (χ2n) is 3.94. The minimum Gasteiger partial charge on any atom is -0.496 e. The molecule has 3 aromatic rings. The quantitative estimate of drug-likeness (QED) is 0.720. The zero-order valence-electron chi connectivity index (χ0n) is 9.80. The van der Waals surface area contributed by atoms with E-state index in [1.807, 2.05) is 53.2 Å². The summed E-state index contributed by atoms with van der Waals surface area (Å²) < 4.78 is 8.25. The largest absolute Gasteiger partial charge is 0.496 e. The van der Waals surface area contributed by atoms with Crippen LogP contribution in [0.4, 0.5) is 0 Å². The number of fused-ring (bicyclic) bond motifs is 1. The summed E-state index contributed by atoms with van der Waals surface area (Å²) in [6.45, 7) is 0. The van der Waals surface area contributed by atoms with Crippen molar-refractivity contribution in [1.82, 2.24) is 9.61 Å². The molecule has 18 heavy (non-hydrogen) atoms. The van der Waals surface area contributed by atoms with Gasteiger partial charge in [-0.05, 0) is 36.4 Å². The van der Waals surface area contributed by atoms with Crippen molar-refractivity contribution in [3.8, 4) is 17.0 Å². The highest BCUT2D eigenvalue weighted by atomic mass is 79.9. The summed E-state index contributed by atoms with van der Waals surface area (Å²) in [5, 5.41) is 4.55. The Morgan fingerprint density at radius 1 is 1.17 bits per heavy atom. The Balaban J connectivity index is 2.22. The first-order valence-electron chi connectivity index (χ1n) is 5.56. The Bertz CT molecular complexity index is 673. The van der Waals surface area contributed by atoms with Crippen LogP contribution in [0, 0.1) is 0 Å². The van der Waals surface area contributed by atoms with Crippen LogP contribution in [0.25, 0.3) is 16.8 Å². The number of rotatable bonds is 2. The number of methoxy groups -OCH3 is 1. The number of ether oxygens (including phenoxy) is 1. The smallest absolute Gasteiger partial charge is 0.128 e. The fraction of sp³-hybridized carbons (Fsp3) is 0.0714. The molecule has 1 aromatic carbocycles. The van der Waals surface area contributed by atoms with Crippen molar-refractivity contribution in [2.75, 3.05) is 7.11 Å². The van der Waals surface area contributed by atoms with Crippen molar-refractivity contribution in [2.45, 2.75) is 0 Å². The highest BCUT2D eigenvalue weighted by Gasteiger charge is 2.10. The average molecular weight is 303 g/mol. The van der Waals surface area contributed by atoms with Gasteiger partial charge in [0.2, 0.25) is 0 Å². The monoisotopic (exact) mass is 302 g/mol. The van der Waals surface area contributed by atoms with E-state index in [0.717, 1.165) is 27.0 Å². The van der Waals surface area contributed by atoms with Gasteiger partial charge in [0.25, 0.3) is 0 Å². The third-order valence-corrected chi connectivity index (χ3v) is 3.30. The fourth-order valence-electron chi connectivity index (χ4n) is 1.95. The molecule has 0 spiro atoms. The highest BCUT2D eigenvalue weighted by molar-refractivity contribution is 9.10. The number of pyridine rings is 1. The van der Waals surface area contributed by atoms with E-state index >= 15 is 0 Å². The third-order valence-electron chi connectivity index (χ3n) is 2.81. The first-order chi connectivity index (χ1) is 8.78. The predicted molar refractivity (Wildman–Crippen MR) is 74.9 cm³/mol. The summed E-state index contributed by atoms with van der Waals surface area (Å²) in [6.07, 6.45) is 1.93. The standard InChI is InChI=1S/C14H11BrN2O/c1-18-14-6-5-10(15)8-12(14)13-9-11-4-2-3-7-17(11)16-13/h2-9H,1H3. The number of nitrogens with zero attached hydrogens (tertiary/aromatic N) is 2. The van der Waals surface area contributed by atoms with Crippen LogP contribution in [0.15, 0.2) is 53.1 Å². The van der Waals surface area contributed by atoms with E-state index in [2.05, 4.69) is 21.0 Å². The molecule has 0 atom stereocenters. The molecule has 0 radical (unpaired) electrons. The van der Waals surface area contributed by atoms with E-state index in [9.17, 15) is 0 Å². The van der Waals surface area contributed by atoms with E-state index in [4.69, 9.17) is 4.74 Å². The number of halogens is 1. The minimum atomic E-state index is 0.821. The molecule has 0 aliphatic rings. The molecule has 0 saturated heterocycles. The second kappa shape index (κ2) is 4.46. The molecule has 0 saturated carbocycles. The molecule has 4 heteroatoms. The maximum Gasteiger partial charge on any atom is 0.128 e. The van der Waals surface area contributed by atoms with Gasteiger partial charge in [0, 0.05) is 16.2 Å². The molecular formula is C14H11BrN2O. The summed E-state index contributed by atoms with van der Waals surface area (Å²) in [5.74, 6) is 0.821. The van der Waals surface area contributed by atoms with Gasteiger partial charge in [0.1, 0.15) is 5.75 Å². The molecule has 3 nitrogen and oxygen atoms in total.